The molecule has 0 spiro atoms. The fourth-order valence-electron chi connectivity index (χ4n) is 8.04. The van der Waals surface area contributed by atoms with Gasteiger partial charge in [0.25, 0.3) is 0 Å². The monoisotopic (exact) mass is 725 g/mol. The Hall–Kier alpha value is -0.780. The minimum atomic E-state index is 1.30. The van der Waals surface area contributed by atoms with Gasteiger partial charge in [-0.05, 0) is 67.7 Å². The third kappa shape index (κ3) is 35.0. The molecule has 0 N–H and O–H groups in total. The molecule has 0 saturated carbocycles. The molecule has 0 fully saturated rings. The van der Waals surface area contributed by atoms with Gasteiger partial charge in [-0.3, -0.25) is 0 Å². The van der Waals surface area contributed by atoms with Crippen LogP contribution in [0.2, 0.25) is 0 Å². The Labute approximate surface area is 331 Å². The van der Waals surface area contributed by atoms with Crippen LogP contribution in [0.4, 0.5) is 0 Å². The molecule has 0 aromatic heterocycles. The summed E-state index contributed by atoms with van der Waals surface area (Å²) in [6.45, 7) is 13.9. The number of unbranched alkanes of at least 4 members (excludes halogenated alkanes) is 33. The van der Waals surface area contributed by atoms with E-state index in [9.17, 15) is 0 Å². The minimum Gasteiger partial charge on any atom is -0.0654 e. The highest BCUT2D eigenvalue weighted by atomic mass is 14.1. The fraction of sp³-hybridized carbons (Fsp3) is 0.885. The van der Waals surface area contributed by atoms with E-state index in [0.29, 0.717) is 0 Å². The number of hydrogen-bond acceptors (Lipinski definition) is 0. The van der Waals surface area contributed by atoms with E-state index in [4.69, 9.17) is 0 Å². The lowest BCUT2D eigenvalue weighted by Crippen LogP contribution is -2.01. The molecule has 0 amide bonds. The lowest BCUT2D eigenvalue weighted by Gasteiger charge is -2.15. The highest BCUT2D eigenvalue weighted by Crippen LogP contribution is 2.24. The first-order chi connectivity index (χ1) is 25.6. The molecule has 0 heterocycles. The van der Waals surface area contributed by atoms with Gasteiger partial charge in [-0.15, -0.1) is 0 Å². The lowest BCUT2D eigenvalue weighted by atomic mass is 9.90. The summed E-state index contributed by atoms with van der Waals surface area (Å²) in [4.78, 5) is 0. The molecule has 0 saturated heterocycles. The summed E-state index contributed by atoms with van der Waals surface area (Å²) < 4.78 is 0. The third-order valence-electron chi connectivity index (χ3n) is 11.8. The van der Waals surface area contributed by atoms with Crippen molar-refractivity contribution in [1.82, 2.24) is 0 Å². The molecule has 0 heteroatoms. The van der Waals surface area contributed by atoms with E-state index in [-0.39, 0.29) is 0 Å². The summed E-state index contributed by atoms with van der Waals surface area (Å²) in [5, 5.41) is 0. The molecule has 0 aliphatic heterocycles. The molecule has 1 aromatic carbocycles. The lowest BCUT2D eigenvalue weighted by molar-refractivity contribution is 0.539. The molecule has 0 aliphatic carbocycles. The van der Waals surface area contributed by atoms with Crippen molar-refractivity contribution >= 4 is 0 Å². The first-order valence-corrected chi connectivity index (χ1v) is 24.8. The van der Waals surface area contributed by atoms with Crippen molar-refractivity contribution in [3.63, 3.8) is 0 Å². The molecular weight excluding hydrogens is 625 g/mol. The molecule has 0 aliphatic rings. The highest BCUT2D eigenvalue weighted by Gasteiger charge is 2.09. The van der Waals surface area contributed by atoms with Crippen molar-refractivity contribution in [3.05, 3.63) is 34.4 Å². The zero-order valence-corrected chi connectivity index (χ0v) is 37.4. The molecular formula is C52H100. The smallest absolute Gasteiger partial charge is 0.0276 e. The molecule has 1 rings (SSSR count). The van der Waals surface area contributed by atoms with Gasteiger partial charge in [0.1, 0.15) is 0 Å². The van der Waals surface area contributed by atoms with Gasteiger partial charge in [0.2, 0.25) is 0 Å². The topological polar surface area (TPSA) is 0 Å². The van der Waals surface area contributed by atoms with E-state index in [1.54, 1.807) is 22.3 Å². The second-order valence-electron chi connectivity index (χ2n) is 17.1. The van der Waals surface area contributed by atoms with Crippen LogP contribution in [0.3, 0.4) is 0 Å². The molecule has 0 bridgehead atoms. The van der Waals surface area contributed by atoms with Crippen LogP contribution in [-0.4, -0.2) is 0 Å². The standard InChI is InChI=1S/C42H78.C10H22/c1-5-8-11-13-15-17-19-21-23-25-27-29-32-34-40-38-42(35-31-10-7-3)41(37-39(40)4)36-33-30-28-26-24-22-20-18-16-14-12-9-6-2;1-3-5-7-9-10-8-6-4-2/h37-38H,5-36H2,1-4H3;3-10H2,1-2H3. The zero-order chi connectivity index (χ0) is 38.0. The third-order valence-corrected chi connectivity index (χ3v) is 11.8. The van der Waals surface area contributed by atoms with Crippen LogP contribution < -0.4 is 0 Å². The van der Waals surface area contributed by atoms with Gasteiger partial charge in [0.15, 0.2) is 0 Å². The van der Waals surface area contributed by atoms with Gasteiger partial charge in [-0.25, -0.2) is 0 Å². The number of benzene rings is 1. The summed E-state index contributed by atoms with van der Waals surface area (Å²) >= 11 is 0. The first-order valence-electron chi connectivity index (χ1n) is 24.8. The first kappa shape index (κ1) is 51.2. The van der Waals surface area contributed by atoms with Crippen LogP contribution in [0.1, 0.15) is 294 Å². The maximum atomic E-state index is 2.64. The van der Waals surface area contributed by atoms with E-state index in [0.717, 1.165) is 0 Å². The van der Waals surface area contributed by atoms with Crippen LogP contribution in [0.25, 0.3) is 0 Å². The van der Waals surface area contributed by atoms with Gasteiger partial charge in [0.05, 0.1) is 0 Å². The summed E-state index contributed by atoms with van der Waals surface area (Å²) in [5.41, 5.74) is 6.59. The predicted octanol–water partition coefficient (Wildman–Crippen LogP) is 19.1. The Morgan fingerprint density at radius 1 is 0.231 bits per heavy atom. The second-order valence-corrected chi connectivity index (χ2v) is 17.1. The molecule has 0 unspecified atom stereocenters. The normalized spacial score (nSPS) is 11.3. The Morgan fingerprint density at radius 2 is 0.423 bits per heavy atom. The molecule has 308 valence electrons. The van der Waals surface area contributed by atoms with Crippen LogP contribution in [0.15, 0.2) is 12.1 Å². The second kappa shape index (κ2) is 43.0. The van der Waals surface area contributed by atoms with Crippen molar-refractivity contribution in [2.75, 3.05) is 0 Å². The van der Waals surface area contributed by atoms with E-state index < -0.39 is 0 Å². The van der Waals surface area contributed by atoms with Crippen molar-refractivity contribution in [2.24, 2.45) is 0 Å². The van der Waals surface area contributed by atoms with Crippen molar-refractivity contribution in [2.45, 2.75) is 298 Å². The van der Waals surface area contributed by atoms with Gasteiger partial charge >= 0.3 is 0 Å². The van der Waals surface area contributed by atoms with Crippen molar-refractivity contribution < 1.29 is 0 Å². The van der Waals surface area contributed by atoms with Gasteiger partial charge < -0.3 is 0 Å². The molecule has 1 aromatic rings. The van der Waals surface area contributed by atoms with E-state index in [2.05, 4.69) is 53.7 Å². The Morgan fingerprint density at radius 3 is 0.712 bits per heavy atom. The maximum absolute atomic E-state index is 2.64. The average Bonchev–Trinajstić information content (AvgIpc) is 3.15. The number of aryl methyl sites for hydroxylation is 4. The van der Waals surface area contributed by atoms with Gasteiger partial charge in [-0.2, -0.15) is 0 Å². The van der Waals surface area contributed by atoms with Crippen LogP contribution in [0, 0.1) is 6.92 Å². The summed E-state index contributed by atoms with van der Waals surface area (Å²) in [7, 11) is 0. The summed E-state index contributed by atoms with van der Waals surface area (Å²) in [6.07, 6.45) is 56.9. The SMILES string of the molecule is CCCCCCCCCC.CCCCCCCCCCCCCCCc1cc(CCCCC)c(CCCCCCCCCCCCCCC)cc1C. The minimum absolute atomic E-state index is 1.30. The van der Waals surface area contributed by atoms with E-state index in [1.807, 2.05) is 0 Å². The quantitative estimate of drug-likeness (QED) is 0.0593. The van der Waals surface area contributed by atoms with Crippen LogP contribution in [0.5, 0.6) is 0 Å². The van der Waals surface area contributed by atoms with Crippen molar-refractivity contribution in [1.29, 1.82) is 0 Å². The Kier molecular flexibility index (Phi) is 42.3. The molecule has 0 radical (unpaired) electrons. The largest absolute Gasteiger partial charge is 0.0654 e. The Bertz CT molecular complexity index is 797. The van der Waals surface area contributed by atoms with E-state index >= 15 is 0 Å². The maximum Gasteiger partial charge on any atom is -0.0276 e. The van der Waals surface area contributed by atoms with Crippen LogP contribution >= 0.6 is 0 Å². The van der Waals surface area contributed by atoms with Gasteiger partial charge in [-0.1, -0.05) is 265 Å². The zero-order valence-electron chi connectivity index (χ0n) is 37.4. The Balaban J connectivity index is 0.00000225. The van der Waals surface area contributed by atoms with E-state index in [1.165, 1.54) is 257 Å². The molecule has 52 heavy (non-hydrogen) atoms. The highest BCUT2D eigenvalue weighted by molar-refractivity contribution is 5.38. The molecule has 0 atom stereocenters. The average molecular weight is 725 g/mol. The van der Waals surface area contributed by atoms with Crippen molar-refractivity contribution in [3.8, 4) is 0 Å². The number of rotatable bonds is 39. The summed E-state index contributed by atoms with van der Waals surface area (Å²) in [5.74, 6) is 0. The fourth-order valence-corrected chi connectivity index (χ4v) is 8.04. The number of hydrogen-bond donors (Lipinski definition) is 0. The predicted molar refractivity (Wildman–Crippen MR) is 241 cm³/mol. The van der Waals surface area contributed by atoms with Gasteiger partial charge in [0, 0.05) is 0 Å². The summed E-state index contributed by atoms with van der Waals surface area (Å²) in [6, 6.07) is 5.24. The molecule has 0 nitrogen and oxygen atoms in total. The van der Waals surface area contributed by atoms with Crippen LogP contribution in [-0.2, 0) is 19.3 Å².